The van der Waals surface area contributed by atoms with Crippen LogP contribution in [0.2, 0.25) is 5.02 Å². The fourth-order valence-electron chi connectivity index (χ4n) is 0.686. The van der Waals surface area contributed by atoms with Gasteiger partial charge in [-0.1, -0.05) is 11.6 Å². The number of aromatic hydroxyl groups is 1. The Kier molecular flexibility index (Phi) is 2.50. The van der Waals surface area contributed by atoms with Gasteiger partial charge in [-0.15, -0.1) is 0 Å². The lowest BCUT2D eigenvalue weighted by Gasteiger charge is -2.01. The van der Waals surface area contributed by atoms with Crippen molar-refractivity contribution in [2.24, 2.45) is 0 Å². The molecule has 12 heavy (non-hydrogen) atoms. The molecular weight excluding hydrogens is 182 g/mol. The van der Waals surface area contributed by atoms with Gasteiger partial charge in [-0.05, 0) is 0 Å². The molecule has 0 fully saturated rings. The molecule has 0 amide bonds. The fraction of sp³-hybridized carbons (Fsp3) is 0.143. The zero-order valence-electron chi connectivity index (χ0n) is 6.24. The van der Waals surface area contributed by atoms with Crippen molar-refractivity contribution in [3.63, 3.8) is 0 Å². The highest BCUT2D eigenvalue weighted by Gasteiger charge is 2.13. The molecule has 64 valence electrons. The average molecular weight is 188 g/mol. The van der Waals surface area contributed by atoms with Crippen molar-refractivity contribution in [2.45, 2.75) is 0 Å². The third kappa shape index (κ3) is 1.48. The average Bonchev–Trinajstić information content (AvgIpc) is 2.08. The summed E-state index contributed by atoms with van der Waals surface area (Å²) in [4.78, 5) is 14.5. The Bertz CT molecular complexity index is 314. The number of pyridine rings is 1. The van der Waals surface area contributed by atoms with Gasteiger partial charge in [0.2, 0.25) is 0 Å². The van der Waals surface area contributed by atoms with E-state index in [0.717, 1.165) is 6.20 Å². The Morgan fingerprint density at radius 3 is 2.92 bits per heavy atom. The first-order valence-electron chi connectivity index (χ1n) is 3.07. The van der Waals surface area contributed by atoms with Crippen molar-refractivity contribution in [3.8, 4) is 5.75 Å². The predicted molar refractivity (Wildman–Crippen MR) is 42.3 cm³/mol. The van der Waals surface area contributed by atoms with E-state index in [0.29, 0.717) is 0 Å². The quantitative estimate of drug-likeness (QED) is 0.672. The standard InChI is InChI=1S/C7H6ClNO3/c1-12-7(11)4-2-9-3-5(10)6(4)8/h2-3,10H,1H3. The number of hydrogen-bond acceptors (Lipinski definition) is 4. The molecule has 0 bridgehead atoms. The predicted octanol–water partition coefficient (Wildman–Crippen LogP) is 1.23. The second-order valence-electron chi connectivity index (χ2n) is 2.01. The van der Waals surface area contributed by atoms with Gasteiger partial charge in [-0.3, -0.25) is 4.98 Å². The number of hydrogen-bond donors (Lipinski definition) is 1. The lowest BCUT2D eigenvalue weighted by atomic mass is 10.3. The summed E-state index contributed by atoms with van der Waals surface area (Å²) in [6.07, 6.45) is 2.38. The van der Waals surface area contributed by atoms with E-state index in [4.69, 9.17) is 16.7 Å². The maximum atomic E-state index is 10.9. The fourth-order valence-corrected chi connectivity index (χ4v) is 0.861. The van der Waals surface area contributed by atoms with Crippen LogP contribution in [0, 0.1) is 0 Å². The minimum atomic E-state index is -0.622. The van der Waals surface area contributed by atoms with E-state index >= 15 is 0 Å². The molecule has 0 aliphatic carbocycles. The SMILES string of the molecule is COC(=O)c1cncc(O)c1Cl. The summed E-state index contributed by atoms with van der Waals surface area (Å²) in [5.41, 5.74) is 0.0548. The van der Waals surface area contributed by atoms with Crippen LogP contribution < -0.4 is 0 Å². The third-order valence-electron chi connectivity index (χ3n) is 1.27. The van der Waals surface area contributed by atoms with Crippen LogP contribution in [0.5, 0.6) is 5.75 Å². The van der Waals surface area contributed by atoms with E-state index in [1.807, 2.05) is 0 Å². The summed E-state index contributed by atoms with van der Waals surface area (Å²) >= 11 is 5.58. The number of methoxy groups -OCH3 is 1. The van der Waals surface area contributed by atoms with Crippen LogP contribution >= 0.6 is 11.6 Å². The number of aromatic nitrogens is 1. The van der Waals surface area contributed by atoms with Gasteiger partial charge in [0.1, 0.15) is 10.6 Å². The number of carbonyl (C=O) groups is 1. The van der Waals surface area contributed by atoms with E-state index in [-0.39, 0.29) is 16.3 Å². The first kappa shape index (κ1) is 8.80. The maximum Gasteiger partial charge on any atom is 0.341 e. The Balaban J connectivity index is 3.16. The smallest absolute Gasteiger partial charge is 0.341 e. The van der Waals surface area contributed by atoms with Gasteiger partial charge >= 0.3 is 5.97 Å². The number of rotatable bonds is 1. The second kappa shape index (κ2) is 3.40. The first-order valence-corrected chi connectivity index (χ1v) is 3.45. The Morgan fingerprint density at radius 1 is 1.67 bits per heavy atom. The molecule has 0 atom stereocenters. The topological polar surface area (TPSA) is 59.4 Å². The number of esters is 1. The monoisotopic (exact) mass is 187 g/mol. The van der Waals surface area contributed by atoms with E-state index in [2.05, 4.69) is 9.72 Å². The minimum absolute atomic E-state index is 0.0446. The molecule has 1 heterocycles. The van der Waals surface area contributed by atoms with Gasteiger partial charge in [0.05, 0.1) is 13.3 Å². The van der Waals surface area contributed by atoms with Crippen LogP contribution in [-0.2, 0) is 4.74 Å². The van der Waals surface area contributed by atoms with E-state index in [1.54, 1.807) is 0 Å². The lowest BCUT2D eigenvalue weighted by molar-refractivity contribution is 0.0600. The number of nitrogens with zero attached hydrogens (tertiary/aromatic N) is 1. The van der Waals surface area contributed by atoms with Crippen LogP contribution in [0.3, 0.4) is 0 Å². The van der Waals surface area contributed by atoms with Gasteiger partial charge in [0.25, 0.3) is 0 Å². The van der Waals surface area contributed by atoms with Crippen LogP contribution in [0.1, 0.15) is 10.4 Å². The van der Waals surface area contributed by atoms with Gasteiger partial charge in [-0.25, -0.2) is 4.79 Å². The van der Waals surface area contributed by atoms with Crippen molar-refractivity contribution in [1.29, 1.82) is 0 Å². The summed E-state index contributed by atoms with van der Waals surface area (Å²) in [6.45, 7) is 0. The highest BCUT2D eigenvalue weighted by Crippen LogP contribution is 2.25. The summed E-state index contributed by atoms with van der Waals surface area (Å²) in [5, 5.41) is 9.00. The molecule has 0 saturated heterocycles. The number of carbonyl (C=O) groups excluding carboxylic acids is 1. The summed E-state index contributed by atoms with van der Waals surface area (Å²) in [6, 6.07) is 0. The molecule has 5 heteroatoms. The summed E-state index contributed by atoms with van der Waals surface area (Å²) in [5.74, 6) is -0.858. The van der Waals surface area contributed by atoms with Crippen molar-refractivity contribution >= 4 is 17.6 Å². The molecule has 0 spiro atoms. The van der Waals surface area contributed by atoms with Gasteiger partial charge in [0.15, 0.2) is 5.75 Å². The Morgan fingerprint density at radius 2 is 2.33 bits per heavy atom. The molecule has 0 unspecified atom stereocenters. The van der Waals surface area contributed by atoms with Crippen molar-refractivity contribution in [1.82, 2.24) is 4.98 Å². The molecule has 0 saturated carbocycles. The van der Waals surface area contributed by atoms with Crippen molar-refractivity contribution < 1.29 is 14.6 Å². The first-order chi connectivity index (χ1) is 5.66. The number of ether oxygens (including phenoxy) is 1. The Labute approximate surface area is 73.8 Å². The van der Waals surface area contributed by atoms with Crippen LogP contribution in [0.25, 0.3) is 0 Å². The zero-order chi connectivity index (χ0) is 9.14. The highest BCUT2D eigenvalue weighted by molar-refractivity contribution is 6.34. The van der Waals surface area contributed by atoms with Crippen molar-refractivity contribution in [2.75, 3.05) is 7.11 Å². The van der Waals surface area contributed by atoms with Crippen molar-refractivity contribution in [3.05, 3.63) is 23.0 Å². The molecule has 1 aromatic heterocycles. The third-order valence-corrected chi connectivity index (χ3v) is 1.66. The van der Waals surface area contributed by atoms with Gasteiger partial charge in [0, 0.05) is 6.20 Å². The molecule has 1 aromatic rings. The van der Waals surface area contributed by atoms with E-state index in [9.17, 15) is 4.79 Å². The zero-order valence-corrected chi connectivity index (χ0v) is 7.00. The van der Waals surface area contributed by atoms with E-state index < -0.39 is 5.97 Å². The molecule has 0 aliphatic heterocycles. The molecule has 0 aliphatic rings. The van der Waals surface area contributed by atoms with Crippen LogP contribution in [-0.4, -0.2) is 23.2 Å². The second-order valence-corrected chi connectivity index (χ2v) is 2.39. The summed E-state index contributed by atoms with van der Waals surface area (Å²) in [7, 11) is 1.22. The normalized spacial score (nSPS) is 9.50. The molecular formula is C7H6ClNO3. The molecule has 4 nitrogen and oxygen atoms in total. The highest BCUT2D eigenvalue weighted by atomic mass is 35.5. The van der Waals surface area contributed by atoms with E-state index in [1.165, 1.54) is 13.3 Å². The van der Waals surface area contributed by atoms with Gasteiger partial charge < -0.3 is 9.84 Å². The largest absolute Gasteiger partial charge is 0.505 e. The lowest BCUT2D eigenvalue weighted by Crippen LogP contribution is -2.02. The maximum absolute atomic E-state index is 10.9. The van der Waals surface area contributed by atoms with Crippen LogP contribution in [0.4, 0.5) is 0 Å². The number of halogens is 1. The molecule has 0 radical (unpaired) electrons. The molecule has 0 aromatic carbocycles. The minimum Gasteiger partial charge on any atom is -0.505 e. The molecule has 1 rings (SSSR count). The Hall–Kier alpha value is -1.29. The van der Waals surface area contributed by atoms with Crippen LogP contribution in [0.15, 0.2) is 12.4 Å². The molecule has 1 N–H and O–H groups in total. The van der Waals surface area contributed by atoms with Gasteiger partial charge in [-0.2, -0.15) is 0 Å². The summed E-state index contributed by atoms with van der Waals surface area (Å²) < 4.78 is 4.40.